The van der Waals surface area contributed by atoms with Crippen LogP contribution < -0.4 is 9.47 Å². The number of hydrogen-bond acceptors (Lipinski definition) is 4. The average Bonchev–Trinajstić information content (AvgIpc) is 2.83. The van der Waals surface area contributed by atoms with Gasteiger partial charge in [0.2, 0.25) is 0 Å². The number of rotatable bonds is 9. The minimum Gasteiger partial charge on any atom is -0.489 e. The molecule has 0 amide bonds. The van der Waals surface area contributed by atoms with E-state index in [4.69, 9.17) is 14.2 Å². The van der Waals surface area contributed by atoms with Crippen molar-refractivity contribution in [2.75, 3.05) is 6.61 Å². The summed E-state index contributed by atoms with van der Waals surface area (Å²) in [4.78, 5) is 11.8. The van der Waals surface area contributed by atoms with Crippen LogP contribution in [0.3, 0.4) is 0 Å². The highest BCUT2D eigenvalue weighted by molar-refractivity contribution is 5.79. The van der Waals surface area contributed by atoms with Crippen LogP contribution in [-0.2, 0) is 28.2 Å². The first-order valence-corrected chi connectivity index (χ1v) is 11.2. The third-order valence-corrected chi connectivity index (χ3v) is 5.83. The first-order chi connectivity index (χ1) is 16.4. The second-order valence-corrected chi connectivity index (χ2v) is 8.31. The highest BCUT2D eigenvalue weighted by Gasteiger charge is 2.36. The molecule has 176 valence electrons. The van der Waals surface area contributed by atoms with Gasteiger partial charge in [-0.1, -0.05) is 36.4 Å². The molecule has 0 unspecified atom stereocenters. The lowest BCUT2D eigenvalue weighted by molar-refractivity contribution is -0.164. The predicted octanol–water partition coefficient (Wildman–Crippen LogP) is 5.76. The Morgan fingerprint density at radius 1 is 1.09 bits per heavy atom. The van der Waals surface area contributed by atoms with Crippen molar-refractivity contribution < 1.29 is 28.5 Å². The standard InChI is InChI=1S/C28H27FO5/c1-3-33-28(2,27(30)31)22-10-14-26-21(17-22)9-13-25(34-26)16-19-7-11-24(12-8-19)32-18-20-5-4-6-23(29)15-20/h4-15,17,25H,3,16,18H2,1-2H3,(H,30,31)/t25-,28-/m0/s1. The van der Waals surface area contributed by atoms with Gasteiger partial charge in [-0.25, -0.2) is 9.18 Å². The molecule has 5 nitrogen and oxygen atoms in total. The van der Waals surface area contributed by atoms with Crippen LogP contribution in [0.4, 0.5) is 4.39 Å². The fourth-order valence-electron chi connectivity index (χ4n) is 3.91. The molecule has 0 bridgehead atoms. The Hall–Kier alpha value is -3.64. The van der Waals surface area contributed by atoms with Gasteiger partial charge in [-0.15, -0.1) is 0 Å². The van der Waals surface area contributed by atoms with Gasteiger partial charge in [-0.05, 0) is 73.0 Å². The molecule has 3 aromatic rings. The summed E-state index contributed by atoms with van der Waals surface area (Å²) < 4.78 is 30.7. The Morgan fingerprint density at radius 2 is 1.88 bits per heavy atom. The van der Waals surface area contributed by atoms with Gasteiger partial charge in [-0.2, -0.15) is 0 Å². The zero-order valence-electron chi connectivity index (χ0n) is 19.2. The van der Waals surface area contributed by atoms with Crippen molar-refractivity contribution in [3.63, 3.8) is 0 Å². The Bertz CT molecular complexity index is 1190. The quantitative estimate of drug-likeness (QED) is 0.438. The highest BCUT2D eigenvalue weighted by atomic mass is 19.1. The van der Waals surface area contributed by atoms with Crippen molar-refractivity contribution in [3.8, 4) is 11.5 Å². The van der Waals surface area contributed by atoms with Crippen LogP contribution in [0.5, 0.6) is 11.5 Å². The Morgan fingerprint density at radius 3 is 2.59 bits per heavy atom. The molecule has 0 aromatic heterocycles. The van der Waals surface area contributed by atoms with Crippen molar-refractivity contribution in [2.45, 2.75) is 38.6 Å². The van der Waals surface area contributed by atoms with E-state index in [1.807, 2.05) is 42.5 Å². The van der Waals surface area contributed by atoms with E-state index in [1.165, 1.54) is 12.1 Å². The lowest BCUT2D eigenvalue weighted by Gasteiger charge is -2.27. The van der Waals surface area contributed by atoms with Crippen LogP contribution in [0.2, 0.25) is 0 Å². The van der Waals surface area contributed by atoms with E-state index in [0.717, 1.165) is 16.7 Å². The monoisotopic (exact) mass is 462 g/mol. The van der Waals surface area contributed by atoms with Gasteiger partial charge in [0, 0.05) is 18.6 Å². The lowest BCUT2D eigenvalue weighted by Crippen LogP contribution is -2.35. The third kappa shape index (κ3) is 5.29. The van der Waals surface area contributed by atoms with Gasteiger partial charge in [0.1, 0.15) is 30.0 Å². The molecule has 0 spiro atoms. The molecule has 6 heteroatoms. The second-order valence-electron chi connectivity index (χ2n) is 8.31. The number of aliphatic carboxylic acids is 1. The summed E-state index contributed by atoms with van der Waals surface area (Å²) in [6, 6.07) is 19.4. The molecule has 0 saturated heterocycles. The summed E-state index contributed by atoms with van der Waals surface area (Å²) in [7, 11) is 0. The second kappa shape index (κ2) is 10.1. The summed E-state index contributed by atoms with van der Waals surface area (Å²) in [5.74, 6) is 0.105. The van der Waals surface area contributed by atoms with Crippen LogP contribution in [0.15, 0.2) is 72.8 Å². The molecule has 1 N–H and O–H groups in total. The largest absolute Gasteiger partial charge is 0.489 e. The molecule has 3 aromatic carbocycles. The van der Waals surface area contributed by atoms with E-state index >= 15 is 0 Å². The van der Waals surface area contributed by atoms with Gasteiger partial charge in [0.15, 0.2) is 5.60 Å². The van der Waals surface area contributed by atoms with E-state index in [1.54, 1.807) is 38.1 Å². The summed E-state index contributed by atoms with van der Waals surface area (Å²) >= 11 is 0. The van der Waals surface area contributed by atoms with Crippen molar-refractivity contribution in [1.82, 2.24) is 0 Å². The van der Waals surface area contributed by atoms with Gasteiger partial charge in [0.25, 0.3) is 0 Å². The smallest absolute Gasteiger partial charge is 0.340 e. The number of hydrogen-bond donors (Lipinski definition) is 1. The van der Waals surface area contributed by atoms with Crippen LogP contribution in [-0.4, -0.2) is 23.8 Å². The van der Waals surface area contributed by atoms with Crippen molar-refractivity contribution in [2.24, 2.45) is 0 Å². The molecular formula is C28H27FO5. The predicted molar refractivity (Wildman–Crippen MR) is 127 cm³/mol. The van der Waals surface area contributed by atoms with Crippen molar-refractivity contribution in [3.05, 3.63) is 101 Å². The number of halogens is 1. The van der Waals surface area contributed by atoms with Gasteiger partial charge in [-0.3, -0.25) is 0 Å². The normalized spacial score (nSPS) is 16.3. The number of ether oxygens (including phenoxy) is 3. The average molecular weight is 463 g/mol. The molecule has 0 fully saturated rings. The first kappa shape index (κ1) is 23.5. The molecular weight excluding hydrogens is 435 g/mol. The van der Waals surface area contributed by atoms with Crippen LogP contribution in [0.25, 0.3) is 6.08 Å². The third-order valence-electron chi connectivity index (χ3n) is 5.83. The molecule has 0 radical (unpaired) electrons. The Balaban J connectivity index is 1.38. The van der Waals surface area contributed by atoms with E-state index in [-0.39, 0.29) is 11.9 Å². The molecule has 1 aliphatic heterocycles. The summed E-state index contributed by atoms with van der Waals surface area (Å²) in [6.45, 7) is 3.93. The molecule has 34 heavy (non-hydrogen) atoms. The SMILES string of the molecule is CCO[C@](C)(C(=O)O)c1ccc2c(c1)C=C[C@@H](Cc1ccc(OCc3cccc(F)c3)cc1)O2. The van der Waals surface area contributed by atoms with Crippen LogP contribution in [0.1, 0.15) is 36.1 Å². The Labute approximate surface area is 198 Å². The molecule has 2 atom stereocenters. The number of carboxylic acid groups (broad SMARTS) is 1. The van der Waals surface area contributed by atoms with Gasteiger partial charge < -0.3 is 19.3 Å². The topological polar surface area (TPSA) is 65.0 Å². The van der Waals surface area contributed by atoms with E-state index in [0.29, 0.717) is 36.7 Å². The van der Waals surface area contributed by atoms with Crippen molar-refractivity contribution >= 4 is 12.0 Å². The zero-order chi connectivity index (χ0) is 24.1. The maximum absolute atomic E-state index is 13.3. The number of carboxylic acids is 1. The number of carbonyl (C=O) groups is 1. The fourth-order valence-corrected chi connectivity index (χ4v) is 3.91. The molecule has 1 aliphatic rings. The summed E-state index contributed by atoms with van der Waals surface area (Å²) in [6.07, 6.45) is 4.46. The zero-order valence-corrected chi connectivity index (χ0v) is 19.2. The summed E-state index contributed by atoms with van der Waals surface area (Å²) in [5, 5.41) is 9.65. The number of benzene rings is 3. The van der Waals surface area contributed by atoms with Gasteiger partial charge in [0.05, 0.1) is 0 Å². The van der Waals surface area contributed by atoms with E-state index in [9.17, 15) is 14.3 Å². The fraction of sp³-hybridized carbons (Fsp3) is 0.250. The summed E-state index contributed by atoms with van der Waals surface area (Å²) in [5.41, 5.74) is 1.84. The maximum atomic E-state index is 13.3. The molecule has 1 heterocycles. The first-order valence-electron chi connectivity index (χ1n) is 11.2. The van der Waals surface area contributed by atoms with Gasteiger partial charge >= 0.3 is 5.97 Å². The minimum absolute atomic E-state index is 0.143. The highest BCUT2D eigenvalue weighted by Crippen LogP contribution is 2.33. The van der Waals surface area contributed by atoms with Crippen LogP contribution in [0, 0.1) is 5.82 Å². The van der Waals surface area contributed by atoms with Crippen LogP contribution >= 0.6 is 0 Å². The number of fused-ring (bicyclic) bond motifs is 1. The van der Waals surface area contributed by atoms with Crippen molar-refractivity contribution in [1.29, 1.82) is 0 Å². The van der Waals surface area contributed by atoms with E-state index in [2.05, 4.69) is 0 Å². The molecule has 0 saturated carbocycles. The molecule has 0 aliphatic carbocycles. The maximum Gasteiger partial charge on any atom is 0.340 e. The minimum atomic E-state index is -1.41. The van der Waals surface area contributed by atoms with E-state index < -0.39 is 11.6 Å². The molecule has 4 rings (SSSR count). The Kier molecular flexibility index (Phi) is 6.98. The lowest BCUT2D eigenvalue weighted by atomic mass is 9.92.